The number of nitrogens with zero attached hydrogens (tertiary/aromatic N) is 3. The van der Waals surface area contributed by atoms with Crippen molar-refractivity contribution >= 4 is 46.8 Å². The molecule has 2 aliphatic heterocycles. The van der Waals surface area contributed by atoms with E-state index in [1.807, 2.05) is 0 Å². The molecule has 1 saturated carbocycles. The highest BCUT2D eigenvalue weighted by Crippen LogP contribution is 2.53. The number of hydrogen-bond donors (Lipinski definition) is 2. The van der Waals surface area contributed by atoms with Crippen molar-refractivity contribution in [3.05, 3.63) is 28.2 Å². The van der Waals surface area contributed by atoms with Crippen LogP contribution in [0.15, 0.2) is 18.2 Å². The molecule has 2 saturated heterocycles. The molecule has 1 aliphatic carbocycles. The van der Waals surface area contributed by atoms with E-state index in [1.165, 1.54) is 11.8 Å². The zero-order chi connectivity index (χ0) is 26.0. The van der Waals surface area contributed by atoms with Gasteiger partial charge in [-0.3, -0.25) is 9.59 Å². The second-order valence-corrected chi connectivity index (χ2v) is 10.9. The van der Waals surface area contributed by atoms with Crippen LogP contribution in [0.5, 0.6) is 0 Å². The van der Waals surface area contributed by atoms with Gasteiger partial charge in [0.05, 0.1) is 22.2 Å². The monoisotopic (exact) mass is 540 g/mol. The van der Waals surface area contributed by atoms with Crippen LogP contribution in [0.2, 0.25) is 10.0 Å². The Morgan fingerprint density at radius 3 is 2.58 bits per heavy atom. The van der Waals surface area contributed by atoms with Crippen molar-refractivity contribution in [2.45, 2.75) is 57.7 Å². The average Bonchev–Trinajstić information content (AvgIpc) is 3.61. The van der Waals surface area contributed by atoms with E-state index in [-0.39, 0.29) is 30.1 Å². The maximum absolute atomic E-state index is 13.3. The molecule has 1 spiro atoms. The summed E-state index contributed by atoms with van der Waals surface area (Å²) in [6.45, 7) is 6.06. The van der Waals surface area contributed by atoms with E-state index in [1.54, 1.807) is 30.0 Å². The molecule has 0 bridgehead atoms. The number of anilines is 1. The molecule has 3 fully saturated rings. The molecule has 0 aromatic heterocycles. The summed E-state index contributed by atoms with van der Waals surface area (Å²) in [6, 6.07) is 3.40. The summed E-state index contributed by atoms with van der Waals surface area (Å²) < 4.78 is 5.30. The first-order chi connectivity index (χ1) is 17.1. The highest BCUT2D eigenvalue weighted by atomic mass is 35.5. The number of hydrogen-bond acceptors (Lipinski definition) is 6. The molecule has 11 heteroatoms. The van der Waals surface area contributed by atoms with Crippen molar-refractivity contribution in [1.82, 2.24) is 14.7 Å². The summed E-state index contributed by atoms with van der Waals surface area (Å²) in [5.41, 5.74) is 0.619. The Morgan fingerprint density at radius 1 is 1.19 bits per heavy atom. The van der Waals surface area contributed by atoms with Gasteiger partial charge in [0.2, 0.25) is 5.91 Å². The molecule has 198 valence electrons. The molecule has 3 amide bonds. The number of likely N-dealkylation sites (tertiary alicyclic amines) is 1. The quantitative estimate of drug-likeness (QED) is 0.514. The first-order valence-corrected chi connectivity index (χ1v) is 13.2. The van der Waals surface area contributed by atoms with Gasteiger partial charge < -0.3 is 29.9 Å². The highest BCUT2D eigenvalue weighted by molar-refractivity contribution is 6.42. The van der Waals surface area contributed by atoms with Gasteiger partial charge in [-0.1, -0.05) is 23.2 Å². The highest BCUT2D eigenvalue weighted by Gasteiger charge is 2.51. The number of esters is 1. The van der Waals surface area contributed by atoms with Crippen LogP contribution in [0.3, 0.4) is 0 Å². The number of aliphatic hydroxyl groups excluding tert-OH is 1. The standard InChI is InChI=1S/C25H34Cl2N4O5/c1-16-23(34)31(12-11-30(16)24(35)28-18-3-4-20(26)21(27)13-18)19(15-36-17(2)32)5-9-29-10-8-25(6-7-25)22(33)14-29/h3-4,13,16,19,22,33H,5-12,14-15H2,1-2H3,(H,28,35)/t16-,19-,22+/m0/s1. The third-order valence-corrected chi connectivity index (χ3v) is 8.52. The molecule has 3 atom stereocenters. The van der Waals surface area contributed by atoms with Crippen LogP contribution in [0, 0.1) is 5.41 Å². The number of carbonyl (C=O) groups excluding carboxylic acids is 3. The SMILES string of the molecule is CC(=O)OC[C@H](CCN1CCC2(CC2)[C@H](O)C1)N1CCN(C(=O)Nc2ccc(Cl)c(Cl)c2)[C@@H](C)C1=O. The number of nitrogens with one attached hydrogen (secondary N) is 1. The Balaban J connectivity index is 1.36. The van der Waals surface area contributed by atoms with Crippen LogP contribution in [0.1, 0.15) is 39.5 Å². The fraction of sp³-hybridized carbons (Fsp3) is 0.640. The lowest BCUT2D eigenvalue weighted by molar-refractivity contribution is -0.150. The smallest absolute Gasteiger partial charge is 0.322 e. The second-order valence-electron chi connectivity index (χ2n) is 10.1. The van der Waals surface area contributed by atoms with Gasteiger partial charge in [-0.05, 0) is 62.8 Å². The van der Waals surface area contributed by atoms with Gasteiger partial charge in [0, 0.05) is 38.8 Å². The van der Waals surface area contributed by atoms with Crippen LogP contribution in [0.4, 0.5) is 10.5 Å². The molecule has 4 rings (SSSR count). The summed E-state index contributed by atoms with van der Waals surface area (Å²) in [7, 11) is 0. The predicted molar refractivity (Wildman–Crippen MR) is 137 cm³/mol. The fourth-order valence-electron chi connectivity index (χ4n) is 5.20. The van der Waals surface area contributed by atoms with Gasteiger partial charge in [-0.15, -0.1) is 0 Å². The summed E-state index contributed by atoms with van der Waals surface area (Å²) in [4.78, 5) is 43.2. The molecule has 3 aliphatic rings. The molecule has 9 nitrogen and oxygen atoms in total. The van der Waals surface area contributed by atoms with Crippen LogP contribution >= 0.6 is 23.2 Å². The van der Waals surface area contributed by atoms with Gasteiger partial charge in [-0.25, -0.2) is 4.79 Å². The number of piperazine rings is 1. The molecular formula is C25H34Cl2N4O5. The van der Waals surface area contributed by atoms with Crippen molar-refractivity contribution in [2.24, 2.45) is 5.41 Å². The number of benzene rings is 1. The van der Waals surface area contributed by atoms with E-state index in [2.05, 4.69) is 10.2 Å². The second kappa shape index (κ2) is 11.1. The molecule has 2 N–H and O–H groups in total. The number of halogens is 2. The van der Waals surface area contributed by atoms with E-state index in [0.29, 0.717) is 48.3 Å². The van der Waals surface area contributed by atoms with Crippen molar-refractivity contribution in [2.75, 3.05) is 44.6 Å². The van der Waals surface area contributed by atoms with E-state index >= 15 is 0 Å². The third-order valence-electron chi connectivity index (χ3n) is 7.78. The number of rotatable bonds is 7. The lowest BCUT2D eigenvalue weighted by Gasteiger charge is -2.43. The minimum absolute atomic E-state index is 0.101. The van der Waals surface area contributed by atoms with Gasteiger partial charge >= 0.3 is 12.0 Å². The molecular weight excluding hydrogens is 507 g/mol. The molecule has 0 unspecified atom stereocenters. The first-order valence-electron chi connectivity index (χ1n) is 12.5. The number of ether oxygens (including phenoxy) is 1. The largest absolute Gasteiger partial charge is 0.464 e. The molecule has 36 heavy (non-hydrogen) atoms. The van der Waals surface area contributed by atoms with Crippen LogP contribution in [0.25, 0.3) is 0 Å². The molecule has 2 heterocycles. The third kappa shape index (κ3) is 6.07. The minimum Gasteiger partial charge on any atom is -0.464 e. The van der Waals surface area contributed by atoms with Gasteiger partial charge in [0.25, 0.3) is 0 Å². The van der Waals surface area contributed by atoms with E-state index < -0.39 is 18.0 Å². The van der Waals surface area contributed by atoms with Gasteiger partial charge in [0.15, 0.2) is 0 Å². The number of amides is 3. The number of aliphatic hydroxyl groups is 1. The lowest BCUT2D eigenvalue weighted by Crippen LogP contribution is -2.61. The Labute approximate surface area is 221 Å². The van der Waals surface area contributed by atoms with E-state index in [9.17, 15) is 19.5 Å². The summed E-state index contributed by atoms with van der Waals surface area (Å²) in [5.74, 6) is -0.595. The topological polar surface area (TPSA) is 102 Å². The van der Waals surface area contributed by atoms with Gasteiger partial charge in [0.1, 0.15) is 12.6 Å². The van der Waals surface area contributed by atoms with E-state index in [4.69, 9.17) is 27.9 Å². The Hall–Kier alpha value is -2.07. The first kappa shape index (κ1) is 27.0. The fourth-order valence-corrected chi connectivity index (χ4v) is 5.50. The maximum Gasteiger partial charge on any atom is 0.322 e. The number of piperidine rings is 1. The number of urea groups is 1. The van der Waals surface area contributed by atoms with Crippen molar-refractivity contribution in [1.29, 1.82) is 0 Å². The molecule has 1 aromatic carbocycles. The van der Waals surface area contributed by atoms with E-state index in [0.717, 1.165) is 25.8 Å². The maximum atomic E-state index is 13.3. The van der Waals surface area contributed by atoms with Gasteiger partial charge in [-0.2, -0.15) is 0 Å². The normalized spacial score (nSPS) is 24.5. The minimum atomic E-state index is -0.687. The number of β-amino-alcohol motifs (C(OH)–C–C–N with tert-alkyl or cyclic N) is 1. The summed E-state index contributed by atoms with van der Waals surface area (Å²) in [5, 5.41) is 14.0. The van der Waals surface area contributed by atoms with Crippen molar-refractivity contribution < 1.29 is 24.2 Å². The van der Waals surface area contributed by atoms with Crippen LogP contribution in [-0.2, 0) is 14.3 Å². The van der Waals surface area contributed by atoms with Crippen LogP contribution in [-0.4, -0.2) is 95.2 Å². The molecule has 0 radical (unpaired) electrons. The van der Waals surface area contributed by atoms with Crippen molar-refractivity contribution in [3.8, 4) is 0 Å². The zero-order valence-electron chi connectivity index (χ0n) is 20.7. The Bertz CT molecular complexity index is 1000. The average molecular weight is 541 g/mol. The summed E-state index contributed by atoms with van der Waals surface area (Å²) >= 11 is 12.0. The lowest BCUT2D eigenvalue weighted by atomic mass is 9.90. The Kier molecular flexibility index (Phi) is 8.34. The predicted octanol–water partition coefficient (Wildman–Crippen LogP) is 3.23. The van der Waals surface area contributed by atoms with Crippen molar-refractivity contribution in [3.63, 3.8) is 0 Å². The molecule has 1 aromatic rings. The zero-order valence-corrected chi connectivity index (χ0v) is 22.2. The Morgan fingerprint density at radius 2 is 1.94 bits per heavy atom. The number of carbonyl (C=O) groups is 3. The van der Waals surface area contributed by atoms with Crippen LogP contribution < -0.4 is 5.32 Å². The summed E-state index contributed by atoms with van der Waals surface area (Å²) in [6.07, 6.45) is 3.50.